The molecular formula is C22H30O11. The summed E-state index contributed by atoms with van der Waals surface area (Å²) in [4.78, 5) is 46.1. The highest BCUT2D eigenvalue weighted by Gasteiger charge is 2.38. The van der Waals surface area contributed by atoms with Crippen molar-refractivity contribution < 1.29 is 53.1 Å². The van der Waals surface area contributed by atoms with Crippen LogP contribution in [0.1, 0.15) is 0 Å². The average Bonchev–Trinajstić information content (AvgIpc) is 2.85. The summed E-state index contributed by atoms with van der Waals surface area (Å²) in [5.74, 6) is -3.14. The first-order chi connectivity index (χ1) is 15.6. The lowest BCUT2D eigenvalue weighted by molar-refractivity contribution is -0.165. The maximum atomic E-state index is 11.6. The van der Waals surface area contributed by atoms with Crippen LogP contribution in [0.15, 0.2) is 50.6 Å². The molecule has 0 aliphatic carbocycles. The summed E-state index contributed by atoms with van der Waals surface area (Å²) < 4.78 is 25.7. The first-order valence-electron chi connectivity index (χ1n) is 9.61. The van der Waals surface area contributed by atoms with Gasteiger partial charge in [0.2, 0.25) is 0 Å². The van der Waals surface area contributed by atoms with E-state index in [0.717, 1.165) is 24.3 Å². The Morgan fingerprint density at radius 2 is 0.818 bits per heavy atom. The minimum atomic E-state index is -1.38. The standard InChI is InChI=1S/C22H30O11/c1-5-17(25)30-13-21(9-23,10-24)11-29-12-22(14-31-18(26)6-2,15-32-19(27)7-3)16-33-20(28)8-4/h5-8,23-24H,1-4,9-16H2. The molecule has 0 aliphatic rings. The lowest BCUT2D eigenvalue weighted by Gasteiger charge is -2.34. The molecule has 0 atom stereocenters. The molecule has 0 spiro atoms. The molecule has 0 aromatic rings. The molecule has 33 heavy (non-hydrogen) atoms. The molecule has 0 bridgehead atoms. The van der Waals surface area contributed by atoms with Crippen LogP contribution >= 0.6 is 0 Å². The van der Waals surface area contributed by atoms with E-state index in [9.17, 15) is 29.4 Å². The molecule has 0 aliphatic heterocycles. The zero-order chi connectivity index (χ0) is 25.3. The highest BCUT2D eigenvalue weighted by Crippen LogP contribution is 2.24. The molecule has 0 fully saturated rings. The normalized spacial score (nSPS) is 11.0. The van der Waals surface area contributed by atoms with Crippen LogP contribution in [0, 0.1) is 10.8 Å². The van der Waals surface area contributed by atoms with Crippen molar-refractivity contribution in [1.82, 2.24) is 0 Å². The topological polar surface area (TPSA) is 155 Å². The Morgan fingerprint density at radius 1 is 0.545 bits per heavy atom. The number of ether oxygens (including phenoxy) is 5. The summed E-state index contributed by atoms with van der Waals surface area (Å²) >= 11 is 0. The molecular weight excluding hydrogens is 440 g/mol. The van der Waals surface area contributed by atoms with Gasteiger partial charge in [0, 0.05) is 24.3 Å². The molecule has 0 saturated heterocycles. The first-order valence-corrected chi connectivity index (χ1v) is 9.61. The Kier molecular flexibility index (Phi) is 14.0. The second-order valence-corrected chi connectivity index (χ2v) is 7.06. The number of carbonyl (C=O) groups is 4. The Labute approximate surface area is 191 Å². The molecule has 0 heterocycles. The quantitative estimate of drug-likeness (QED) is 0.156. The molecule has 184 valence electrons. The zero-order valence-corrected chi connectivity index (χ0v) is 18.4. The van der Waals surface area contributed by atoms with Crippen molar-refractivity contribution in [3.63, 3.8) is 0 Å². The molecule has 0 aromatic heterocycles. The van der Waals surface area contributed by atoms with Crippen LogP contribution in [-0.4, -0.2) is 86.9 Å². The van der Waals surface area contributed by atoms with Gasteiger partial charge in [0.05, 0.1) is 37.3 Å². The molecule has 0 rings (SSSR count). The molecule has 11 heteroatoms. The second-order valence-electron chi connectivity index (χ2n) is 7.06. The number of aliphatic hydroxyl groups excluding tert-OH is 2. The molecule has 0 radical (unpaired) electrons. The van der Waals surface area contributed by atoms with Crippen molar-refractivity contribution in [2.45, 2.75) is 0 Å². The maximum Gasteiger partial charge on any atom is 0.330 e. The van der Waals surface area contributed by atoms with Crippen LogP contribution in [-0.2, 0) is 42.9 Å². The van der Waals surface area contributed by atoms with Gasteiger partial charge in [-0.1, -0.05) is 26.3 Å². The predicted octanol–water partition coefficient (Wildman–Crippen LogP) is -0.123. The summed E-state index contributed by atoms with van der Waals surface area (Å²) in [6.45, 7) is 9.62. The van der Waals surface area contributed by atoms with Gasteiger partial charge in [-0.15, -0.1) is 0 Å². The van der Waals surface area contributed by atoms with Gasteiger partial charge in [-0.3, -0.25) is 0 Å². The number of hydrogen-bond donors (Lipinski definition) is 2. The van der Waals surface area contributed by atoms with E-state index in [1.165, 1.54) is 0 Å². The van der Waals surface area contributed by atoms with E-state index < -0.39 is 67.7 Å². The van der Waals surface area contributed by atoms with Crippen molar-refractivity contribution in [2.24, 2.45) is 10.8 Å². The predicted molar refractivity (Wildman–Crippen MR) is 114 cm³/mol. The minimum Gasteiger partial charge on any atom is -0.462 e. The lowest BCUT2D eigenvalue weighted by atomic mass is 9.90. The number of esters is 4. The van der Waals surface area contributed by atoms with Gasteiger partial charge in [-0.2, -0.15) is 0 Å². The van der Waals surface area contributed by atoms with E-state index in [0.29, 0.717) is 0 Å². The largest absolute Gasteiger partial charge is 0.462 e. The summed E-state index contributed by atoms with van der Waals surface area (Å²) in [5.41, 5.74) is -2.76. The summed E-state index contributed by atoms with van der Waals surface area (Å²) in [5, 5.41) is 19.4. The summed E-state index contributed by atoms with van der Waals surface area (Å²) in [6.07, 6.45) is 3.65. The van der Waals surface area contributed by atoms with Crippen LogP contribution in [0.2, 0.25) is 0 Å². The monoisotopic (exact) mass is 470 g/mol. The van der Waals surface area contributed by atoms with Crippen molar-refractivity contribution in [1.29, 1.82) is 0 Å². The highest BCUT2D eigenvalue weighted by atomic mass is 16.6. The van der Waals surface area contributed by atoms with E-state index in [1.807, 2.05) is 0 Å². The van der Waals surface area contributed by atoms with Gasteiger partial charge in [0.1, 0.15) is 26.4 Å². The van der Waals surface area contributed by atoms with Crippen LogP contribution in [0.4, 0.5) is 0 Å². The summed E-state index contributed by atoms with van der Waals surface area (Å²) in [6, 6.07) is 0. The van der Waals surface area contributed by atoms with Gasteiger partial charge >= 0.3 is 23.9 Å². The van der Waals surface area contributed by atoms with E-state index in [-0.39, 0.29) is 19.8 Å². The fourth-order valence-electron chi connectivity index (χ4n) is 2.14. The van der Waals surface area contributed by atoms with E-state index >= 15 is 0 Å². The zero-order valence-electron chi connectivity index (χ0n) is 18.4. The van der Waals surface area contributed by atoms with Gasteiger partial charge < -0.3 is 33.9 Å². The first kappa shape index (κ1) is 29.7. The van der Waals surface area contributed by atoms with Crippen molar-refractivity contribution >= 4 is 23.9 Å². The molecule has 0 amide bonds. The lowest BCUT2D eigenvalue weighted by Crippen LogP contribution is -2.46. The number of aliphatic hydroxyl groups is 2. The third-order valence-electron chi connectivity index (χ3n) is 4.24. The molecule has 0 aromatic carbocycles. The van der Waals surface area contributed by atoms with Crippen LogP contribution in [0.25, 0.3) is 0 Å². The van der Waals surface area contributed by atoms with E-state index in [2.05, 4.69) is 26.3 Å². The van der Waals surface area contributed by atoms with Crippen molar-refractivity contribution in [3.05, 3.63) is 50.6 Å². The number of carbonyl (C=O) groups excluding carboxylic acids is 4. The third kappa shape index (κ3) is 11.2. The van der Waals surface area contributed by atoms with E-state index in [1.54, 1.807) is 0 Å². The van der Waals surface area contributed by atoms with E-state index in [4.69, 9.17) is 23.7 Å². The highest BCUT2D eigenvalue weighted by molar-refractivity contribution is 5.82. The smallest absolute Gasteiger partial charge is 0.330 e. The van der Waals surface area contributed by atoms with Crippen LogP contribution in [0.3, 0.4) is 0 Å². The van der Waals surface area contributed by atoms with Gasteiger partial charge in [0.15, 0.2) is 0 Å². The molecule has 0 unspecified atom stereocenters. The SMILES string of the molecule is C=CC(=O)OCC(CO)(CO)COCC(COC(=O)C=C)(COC(=O)C=C)COC(=O)C=C. The van der Waals surface area contributed by atoms with Gasteiger partial charge in [-0.05, 0) is 0 Å². The van der Waals surface area contributed by atoms with Gasteiger partial charge in [-0.25, -0.2) is 19.2 Å². The molecule has 0 saturated carbocycles. The fourth-order valence-corrected chi connectivity index (χ4v) is 2.14. The van der Waals surface area contributed by atoms with Crippen LogP contribution < -0.4 is 0 Å². The molecule has 11 nitrogen and oxygen atoms in total. The number of hydrogen-bond acceptors (Lipinski definition) is 11. The molecule has 2 N–H and O–H groups in total. The fraction of sp³-hybridized carbons (Fsp3) is 0.455. The maximum absolute atomic E-state index is 11.6. The second kappa shape index (κ2) is 15.5. The van der Waals surface area contributed by atoms with Crippen molar-refractivity contribution in [2.75, 3.05) is 52.9 Å². The van der Waals surface area contributed by atoms with Crippen molar-refractivity contribution in [3.8, 4) is 0 Å². The Morgan fingerprint density at radius 3 is 1.09 bits per heavy atom. The minimum absolute atomic E-state index is 0.327. The van der Waals surface area contributed by atoms with Gasteiger partial charge in [0.25, 0.3) is 0 Å². The van der Waals surface area contributed by atoms with Crippen LogP contribution in [0.5, 0.6) is 0 Å². The average molecular weight is 470 g/mol. The Bertz CT molecular complexity index is 662. The Hall–Kier alpha value is -3.28. The number of rotatable bonds is 18. The summed E-state index contributed by atoms with van der Waals surface area (Å²) in [7, 11) is 0. The Balaban J connectivity index is 5.63. The third-order valence-corrected chi connectivity index (χ3v) is 4.24.